The molecule has 4 rings (SSSR count). The fourth-order valence-corrected chi connectivity index (χ4v) is 4.38. The van der Waals surface area contributed by atoms with Crippen LogP contribution in [0.3, 0.4) is 0 Å². The van der Waals surface area contributed by atoms with Gasteiger partial charge in [0.2, 0.25) is 0 Å². The molecule has 1 amide bonds. The fourth-order valence-electron chi connectivity index (χ4n) is 2.96. The van der Waals surface area contributed by atoms with Crippen molar-refractivity contribution in [2.45, 2.75) is 13.8 Å². The molecule has 0 saturated heterocycles. The average molecular weight is 411 g/mol. The van der Waals surface area contributed by atoms with E-state index in [-0.39, 0.29) is 5.91 Å². The quantitative estimate of drug-likeness (QED) is 0.462. The first kappa shape index (κ1) is 18.4. The SMILES string of the molecule is COc1ccc(C)c(NC(=O)c2cnc(Nc3cccc4scnc34)s2)c1C. The maximum absolute atomic E-state index is 12.7. The highest BCUT2D eigenvalue weighted by Gasteiger charge is 2.16. The van der Waals surface area contributed by atoms with Crippen LogP contribution >= 0.6 is 22.7 Å². The van der Waals surface area contributed by atoms with Crippen LogP contribution in [-0.2, 0) is 0 Å². The summed E-state index contributed by atoms with van der Waals surface area (Å²) in [6.45, 7) is 3.88. The zero-order valence-electron chi connectivity index (χ0n) is 15.6. The van der Waals surface area contributed by atoms with E-state index in [1.807, 2.05) is 49.7 Å². The molecule has 0 aliphatic carbocycles. The van der Waals surface area contributed by atoms with E-state index in [9.17, 15) is 4.79 Å². The van der Waals surface area contributed by atoms with E-state index in [1.165, 1.54) is 11.3 Å². The molecule has 0 spiro atoms. The van der Waals surface area contributed by atoms with Gasteiger partial charge in [-0.15, -0.1) is 11.3 Å². The van der Waals surface area contributed by atoms with Crippen molar-refractivity contribution in [1.29, 1.82) is 0 Å². The van der Waals surface area contributed by atoms with Crippen molar-refractivity contribution in [3.63, 3.8) is 0 Å². The number of aromatic nitrogens is 2. The van der Waals surface area contributed by atoms with Crippen LogP contribution in [0.2, 0.25) is 0 Å². The highest BCUT2D eigenvalue weighted by molar-refractivity contribution is 7.17. The van der Waals surface area contributed by atoms with Crippen LogP contribution in [-0.4, -0.2) is 23.0 Å². The van der Waals surface area contributed by atoms with Crippen LogP contribution < -0.4 is 15.4 Å². The molecule has 2 N–H and O–H groups in total. The molecule has 0 aliphatic heterocycles. The number of thiazole rings is 2. The molecular weight excluding hydrogens is 392 g/mol. The van der Waals surface area contributed by atoms with Gasteiger partial charge in [0.25, 0.3) is 5.91 Å². The molecule has 4 aromatic rings. The minimum atomic E-state index is -0.197. The molecule has 2 aromatic carbocycles. The van der Waals surface area contributed by atoms with Crippen LogP contribution in [0.1, 0.15) is 20.8 Å². The Morgan fingerprint density at radius 3 is 2.82 bits per heavy atom. The van der Waals surface area contributed by atoms with Gasteiger partial charge < -0.3 is 15.4 Å². The summed E-state index contributed by atoms with van der Waals surface area (Å²) in [4.78, 5) is 22.0. The molecule has 0 bridgehead atoms. The Morgan fingerprint density at radius 1 is 1.14 bits per heavy atom. The minimum absolute atomic E-state index is 0.197. The van der Waals surface area contributed by atoms with Crippen molar-refractivity contribution in [3.05, 3.63) is 58.0 Å². The Labute approximate surface area is 170 Å². The molecule has 0 radical (unpaired) electrons. The van der Waals surface area contributed by atoms with Gasteiger partial charge in [0, 0.05) is 5.56 Å². The third kappa shape index (κ3) is 3.44. The lowest BCUT2D eigenvalue weighted by Gasteiger charge is -2.14. The second-order valence-electron chi connectivity index (χ2n) is 6.20. The van der Waals surface area contributed by atoms with Gasteiger partial charge >= 0.3 is 0 Å². The van der Waals surface area contributed by atoms with Crippen LogP contribution in [0.25, 0.3) is 10.2 Å². The van der Waals surface area contributed by atoms with Gasteiger partial charge in [-0.3, -0.25) is 4.79 Å². The van der Waals surface area contributed by atoms with Gasteiger partial charge in [-0.1, -0.05) is 23.5 Å². The number of amides is 1. The number of nitrogens with one attached hydrogen (secondary N) is 2. The first-order valence-corrected chi connectivity index (χ1v) is 10.3. The number of fused-ring (bicyclic) bond motifs is 1. The first-order valence-electron chi connectivity index (χ1n) is 8.57. The Morgan fingerprint density at radius 2 is 2.00 bits per heavy atom. The Kier molecular flexibility index (Phi) is 4.97. The van der Waals surface area contributed by atoms with Gasteiger partial charge in [-0.05, 0) is 37.6 Å². The molecule has 0 unspecified atom stereocenters. The van der Waals surface area contributed by atoms with Crippen molar-refractivity contribution < 1.29 is 9.53 Å². The zero-order chi connectivity index (χ0) is 19.7. The molecule has 0 saturated carbocycles. The second kappa shape index (κ2) is 7.57. The predicted molar refractivity (Wildman–Crippen MR) is 115 cm³/mol. The number of nitrogens with zero attached hydrogens (tertiary/aromatic N) is 2. The van der Waals surface area contributed by atoms with Crippen LogP contribution in [0.4, 0.5) is 16.5 Å². The molecule has 0 aliphatic rings. The van der Waals surface area contributed by atoms with Crippen molar-refractivity contribution >= 4 is 55.3 Å². The number of para-hydroxylation sites is 1. The number of hydrogen-bond acceptors (Lipinski definition) is 7. The molecule has 2 heterocycles. The summed E-state index contributed by atoms with van der Waals surface area (Å²) in [6.07, 6.45) is 1.58. The summed E-state index contributed by atoms with van der Waals surface area (Å²) < 4.78 is 6.45. The smallest absolute Gasteiger partial charge is 0.267 e. The van der Waals surface area contributed by atoms with Crippen molar-refractivity contribution in [1.82, 2.24) is 9.97 Å². The molecular formula is C20H18N4O2S2. The molecule has 8 heteroatoms. The Hall–Kier alpha value is -2.97. The van der Waals surface area contributed by atoms with Crippen molar-refractivity contribution in [3.8, 4) is 5.75 Å². The zero-order valence-corrected chi connectivity index (χ0v) is 17.2. The van der Waals surface area contributed by atoms with Gasteiger partial charge in [0.15, 0.2) is 5.13 Å². The van der Waals surface area contributed by atoms with Gasteiger partial charge in [-0.2, -0.15) is 0 Å². The number of methoxy groups -OCH3 is 1. The van der Waals surface area contributed by atoms with E-state index in [4.69, 9.17) is 4.74 Å². The standard InChI is InChI=1S/C20H18N4O2S2/c1-11-7-8-14(26-3)12(2)17(11)24-19(25)16-9-21-20(28-16)23-13-5-4-6-15-18(13)22-10-27-15/h4-10H,1-3H3,(H,21,23)(H,24,25). The Bertz CT molecular complexity index is 1170. The topological polar surface area (TPSA) is 76.1 Å². The molecule has 0 atom stereocenters. The third-order valence-electron chi connectivity index (χ3n) is 4.41. The first-order chi connectivity index (χ1) is 13.6. The number of carbonyl (C=O) groups is 1. The van der Waals surface area contributed by atoms with E-state index in [0.29, 0.717) is 10.0 Å². The van der Waals surface area contributed by atoms with Gasteiger partial charge in [0.1, 0.15) is 16.1 Å². The molecule has 0 fully saturated rings. The monoisotopic (exact) mass is 410 g/mol. The third-order valence-corrected chi connectivity index (χ3v) is 6.12. The summed E-state index contributed by atoms with van der Waals surface area (Å²) >= 11 is 2.88. The van der Waals surface area contributed by atoms with Gasteiger partial charge in [-0.25, -0.2) is 9.97 Å². The summed E-state index contributed by atoms with van der Waals surface area (Å²) in [5, 5.41) is 6.89. The predicted octanol–water partition coefficient (Wildman–Crippen LogP) is 5.37. The minimum Gasteiger partial charge on any atom is -0.496 e. The second-order valence-corrected chi connectivity index (χ2v) is 8.12. The van der Waals surface area contributed by atoms with Crippen LogP contribution in [0.15, 0.2) is 42.0 Å². The number of hydrogen-bond donors (Lipinski definition) is 2. The lowest BCUT2D eigenvalue weighted by molar-refractivity contribution is 0.103. The molecule has 2 aromatic heterocycles. The highest BCUT2D eigenvalue weighted by Crippen LogP contribution is 2.31. The maximum atomic E-state index is 12.7. The molecule has 6 nitrogen and oxygen atoms in total. The van der Waals surface area contributed by atoms with Gasteiger partial charge in [0.05, 0.1) is 34.9 Å². The largest absolute Gasteiger partial charge is 0.496 e. The maximum Gasteiger partial charge on any atom is 0.267 e. The number of aryl methyl sites for hydroxylation is 1. The number of carbonyl (C=O) groups excluding carboxylic acids is 1. The van der Waals surface area contributed by atoms with Crippen molar-refractivity contribution in [2.75, 3.05) is 17.7 Å². The number of benzene rings is 2. The summed E-state index contributed by atoms with van der Waals surface area (Å²) in [5.41, 5.74) is 6.23. The van der Waals surface area contributed by atoms with Crippen LogP contribution in [0, 0.1) is 13.8 Å². The molecule has 142 valence electrons. The number of ether oxygens (including phenoxy) is 1. The van der Waals surface area contributed by atoms with E-state index in [2.05, 4.69) is 20.6 Å². The summed E-state index contributed by atoms with van der Waals surface area (Å²) in [6, 6.07) is 9.77. The molecule has 28 heavy (non-hydrogen) atoms. The number of rotatable bonds is 5. The fraction of sp³-hybridized carbons (Fsp3) is 0.150. The Balaban J connectivity index is 1.55. The lowest BCUT2D eigenvalue weighted by Crippen LogP contribution is -2.12. The van der Waals surface area contributed by atoms with E-state index in [1.54, 1.807) is 24.6 Å². The van der Waals surface area contributed by atoms with Crippen molar-refractivity contribution in [2.24, 2.45) is 0 Å². The lowest BCUT2D eigenvalue weighted by atomic mass is 10.1. The van der Waals surface area contributed by atoms with E-state index >= 15 is 0 Å². The highest BCUT2D eigenvalue weighted by atomic mass is 32.1. The summed E-state index contributed by atoms with van der Waals surface area (Å²) in [7, 11) is 1.62. The average Bonchev–Trinajstić information content (AvgIpc) is 3.35. The number of anilines is 3. The normalized spacial score (nSPS) is 10.8. The van der Waals surface area contributed by atoms with Crippen LogP contribution in [0.5, 0.6) is 5.75 Å². The van der Waals surface area contributed by atoms with E-state index in [0.717, 1.165) is 38.5 Å². The van der Waals surface area contributed by atoms with E-state index < -0.39 is 0 Å². The summed E-state index contributed by atoms with van der Waals surface area (Å²) in [5.74, 6) is 0.542.